The van der Waals surface area contributed by atoms with Crippen LogP contribution < -0.4 is 5.48 Å². The summed E-state index contributed by atoms with van der Waals surface area (Å²) >= 11 is 7.34. The van der Waals surface area contributed by atoms with Crippen LogP contribution in [-0.4, -0.2) is 50.9 Å². The molecule has 9 heteroatoms. The number of fused-ring (bicyclic) bond motifs is 1. The summed E-state index contributed by atoms with van der Waals surface area (Å²) in [4.78, 5) is 34.6. The van der Waals surface area contributed by atoms with Gasteiger partial charge < -0.3 is 9.80 Å². The van der Waals surface area contributed by atoms with Gasteiger partial charge in [0, 0.05) is 42.2 Å². The number of hydrogen-bond acceptors (Lipinski definition) is 6. The van der Waals surface area contributed by atoms with Gasteiger partial charge in [-0.15, -0.1) is 11.3 Å². The van der Waals surface area contributed by atoms with Crippen LogP contribution in [0.2, 0.25) is 4.34 Å². The van der Waals surface area contributed by atoms with E-state index < -0.39 is 6.04 Å². The average Bonchev–Trinajstić information content (AvgIpc) is 3.23. The Balaban J connectivity index is 1.46. The van der Waals surface area contributed by atoms with Crippen LogP contribution in [0, 0.1) is 0 Å². The van der Waals surface area contributed by atoms with Crippen molar-refractivity contribution in [1.82, 2.24) is 14.8 Å². The molecule has 0 radical (unpaired) electrons. The molecule has 166 valence electrons. The molecule has 2 amide bonds. The molecule has 3 aromatic rings. The number of benzene rings is 1. The van der Waals surface area contributed by atoms with E-state index in [0.717, 1.165) is 21.3 Å². The zero-order chi connectivity index (χ0) is 22.7. The Labute approximate surface area is 194 Å². The fourth-order valence-corrected chi connectivity index (χ4v) is 4.89. The molecule has 1 saturated heterocycles. The number of carbonyl (C=O) groups excluding carboxylic acids is 2. The maximum Gasteiger partial charge on any atom is 0.247 e. The first-order chi connectivity index (χ1) is 15.5. The SMILES string of the molecule is CCC1C(=O)N(Cc2ccc3c(NO)ccnc3c2)CCN1C(=O)C=Cc1ccc(Cl)s1. The first kappa shape index (κ1) is 22.3. The molecule has 1 aromatic carbocycles. The van der Waals surface area contributed by atoms with Crippen LogP contribution in [0.1, 0.15) is 23.8 Å². The Morgan fingerprint density at radius 3 is 2.88 bits per heavy atom. The third kappa shape index (κ3) is 4.62. The van der Waals surface area contributed by atoms with Crippen LogP contribution in [0.4, 0.5) is 5.69 Å². The summed E-state index contributed by atoms with van der Waals surface area (Å²) in [7, 11) is 0. The largest absolute Gasteiger partial charge is 0.335 e. The molecule has 2 aromatic heterocycles. The standard InChI is InChI=1S/C23H23ClN4O3S/c1-2-20-23(30)27(11-12-28(20)22(29)8-5-16-4-7-21(24)32-16)14-15-3-6-17-18(26-31)9-10-25-19(17)13-15/h3-10,13,20,31H,2,11-12,14H2,1H3,(H,25,26). The molecular weight excluding hydrogens is 448 g/mol. The van der Waals surface area contributed by atoms with Crippen LogP contribution in [0.25, 0.3) is 17.0 Å². The zero-order valence-corrected chi connectivity index (χ0v) is 19.1. The quantitative estimate of drug-likeness (QED) is 0.411. The minimum Gasteiger partial charge on any atom is -0.335 e. The number of pyridine rings is 1. The minimum atomic E-state index is -0.489. The van der Waals surface area contributed by atoms with Crippen LogP contribution in [0.15, 0.2) is 48.7 Å². The number of rotatable bonds is 6. The Hall–Kier alpha value is -2.94. The summed E-state index contributed by atoms with van der Waals surface area (Å²) in [5, 5.41) is 10.1. The van der Waals surface area contributed by atoms with Gasteiger partial charge in [-0.1, -0.05) is 30.7 Å². The predicted molar refractivity (Wildman–Crippen MR) is 127 cm³/mol. The predicted octanol–water partition coefficient (Wildman–Crippen LogP) is 4.41. The first-order valence-electron chi connectivity index (χ1n) is 10.3. The third-order valence-electron chi connectivity index (χ3n) is 5.54. The lowest BCUT2D eigenvalue weighted by molar-refractivity contribution is -0.149. The first-order valence-corrected chi connectivity index (χ1v) is 11.5. The summed E-state index contributed by atoms with van der Waals surface area (Å²) in [6, 6.07) is 10.6. The van der Waals surface area contributed by atoms with Gasteiger partial charge in [-0.25, -0.2) is 0 Å². The molecule has 7 nitrogen and oxygen atoms in total. The lowest BCUT2D eigenvalue weighted by atomic mass is 10.1. The second-order valence-corrected chi connectivity index (χ2v) is 9.26. The smallest absolute Gasteiger partial charge is 0.247 e. The van der Waals surface area contributed by atoms with Crippen molar-refractivity contribution in [1.29, 1.82) is 0 Å². The van der Waals surface area contributed by atoms with Gasteiger partial charge in [-0.3, -0.25) is 25.3 Å². The average molecular weight is 471 g/mol. The number of anilines is 1. The Bertz CT molecular complexity index is 1180. The molecular formula is C23H23ClN4O3S. The Morgan fingerprint density at radius 2 is 2.16 bits per heavy atom. The lowest BCUT2D eigenvalue weighted by Crippen LogP contribution is -2.57. The molecule has 1 aliphatic heterocycles. The number of nitrogens with zero attached hydrogens (tertiary/aromatic N) is 3. The van der Waals surface area contributed by atoms with Gasteiger partial charge >= 0.3 is 0 Å². The molecule has 1 aliphatic rings. The van der Waals surface area contributed by atoms with E-state index in [1.807, 2.05) is 31.2 Å². The fourth-order valence-electron chi connectivity index (χ4n) is 3.93. The summed E-state index contributed by atoms with van der Waals surface area (Å²) in [6.07, 6.45) is 5.41. The van der Waals surface area contributed by atoms with Gasteiger partial charge in [0.05, 0.1) is 15.5 Å². The van der Waals surface area contributed by atoms with Gasteiger partial charge in [0.15, 0.2) is 0 Å². The highest BCUT2D eigenvalue weighted by molar-refractivity contribution is 7.17. The maximum absolute atomic E-state index is 13.2. The molecule has 3 heterocycles. The van der Waals surface area contributed by atoms with Crippen LogP contribution in [0.3, 0.4) is 0 Å². The molecule has 0 aliphatic carbocycles. The summed E-state index contributed by atoms with van der Waals surface area (Å²) in [5.74, 6) is -0.230. The van der Waals surface area contributed by atoms with Crippen molar-refractivity contribution >= 4 is 57.4 Å². The van der Waals surface area contributed by atoms with E-state index in [1.54, 1.807) is 34.2 Å². The van der Waals surface area contributed by atoms with E-state index in [2.05, 4.69) is 10.5 Å². The van der Waals surface area contributed by atoms with Gasteiger partial charge in [0.1, 0.15) is 6.04 Å². The Kier molecular flexibility index (Phi) is 6.74. The third-order valence-corrected chi connectivity index (χ3v) is 6.74. The van der Waals surface area contributed by atoms with E-state index >= 15 is 0 Å². The van der Waals surface area contributed by atoms with Crippen molar-refractivity contribution in [3.63, 3.8) is 0 Å². The summed E-state index contributed by atoms with van der Waals surface area (Å²) in [5.41, 5.74) is 4.43. The van der Waals surface area contributed by atoms with Crippen molar-refractivity contribution in [3.8, 4) is 0 Å². The molecule has 1 unspecified atom stereocenters. The molecule has 0 spiro atoms. The zero-order valence-electron chi connectivity index (χ0n) is 17.5. The van der Waals surface area contributed by atoms with Gasteiger partial charge in [-0.2, -0.15) is 0 Å². The summed E-state index contributed by atoms with van der Waals surface area (Å²) < 4.78 is 0.667. The normalized spacial score (nSPS) is 16.8. The molecule has 4 rings (SSSR count). The number of amides is 2. The molecule has 0 bridgehead atoms. The Morgan fingerprint density at radius 1 is 1.31 bits per heavy atom. The van der Waals surface area contributed by atoms with Crippen molar-refractivity contribution in [2.75, 3.05) is 18.6 Å². The van der Waals surface area contributed by atoms with Crippen molar-refractivity contribution < 1.29 is 14.8 Å². The van der Waals surface area contributed by atoms with Gasteiger partial charge in [-0.05, 0) is 42.3 Å². The lowest BCUT2D eigenvalue weighted by Gasteiger charge is -2.40. The highest BCUT2D eigenvalue weighted by Gasteiger charge is 2.35. The fraction of sp³-hybridized carbons (Fsp3) is 0.261. The molecule has 1 fully saturated rings. The van der Waals surface area contributed by atoms with E-state index in [4.69, 9.17) is 11.6 Å². The maximum atomic E-state index is 13.2. The highest BCUT2D eigenvalue weighted by atomic mass is 35.5. The number of hydrogen-bond donors (Lipinski definition) is 2. The molecule has 0 saturated carbocycles. The minimum absolute atomic E-state index is 0.0569. The van der Waals surface area contributed by atoms with Crippen LogP contribution in [0.5, 0.6) is 0 Å². The van der Waals surface area contributed by atoms with E-state index in [1.165, 1.54) is 17.4 Å². The highest BCUT2D eigenvalue weighted by Crippen LogP contribution is 2.25. The monoisotopic (exact) mass is 470 g/mol. The number of aromatic nitrogens is 1. The van der Waals surface area contributed by atoms with Gasteiger partial charge in [0.25, 0.3) is 0 Å². The molecule has 2 N–H and O–H groups in total. The number of thiophene rings is 1. The number of piperazine rings is 1. The van der Waals surface area contributed by atoms with Crippen LogP contribution >= 0.6 is 22.9 Å². The van der Waals surface area contributed by atoms with Crippen LogP contribution in [-0.2, 0) is 16.1 Å². The number of nitrogens with one attached hydrogen (secondary N) is 1. The van der Waals surface area contributed by atoms with E-state index in [9.17, 15) is 14.8 Å². The topological polar surface area (TPSA) is 85.8 Å². The van der Waals surface area contributed by atoms with Crippen molar-refractivity contribution in [3.05, 3.63) is 63.4 Å². The second-order valence-electron chi connectivity index (χ2n) is 7.51. The van der Waals surface area contributed by atoms with E-state index in [0.29, 0.717) is 36.1 Å². The van der Waals surface area contributed by atoms with Crippen molar-refractivity contribution in [2.24, 2.45) is 0 Å². The van der Waals surface area contributed by atoms with Crippen molar-refractivity contribution in [2.45, 2.75) is 25.9 Å². The van der Waals surface area contributed by atoms with Gasteiger partial charge in [0.2, 0.25) is 11.8 Å². The molecule has 1 atom stereocenters. The summed E-state index contributed by atoms with van der Waals surface area (Å²) in [6.45, 7) is 3.29. The molecule has 32 heavy (non-hydrogen) atoms. The second kappa shape index (κ2) is 9.68. The van der Waals surface area contributed by atoms with E-state index in [-0.39, 0.29) is 11.8 Å². The number of halogens is 1. The number of carbonyl (C=O) groups is 2.